The van der Waals surface area contributed by atoms with Crippen LogP contribution in [0.25, 0.3) is 0 Å². The molecule has 0 aromatic heterocycles. The number of carbonyl (C=O) groups is 2. The Hall–Kier alpha value is -0.820. The molecule has 4 nitrogen and oxygen atoms in total. The van der Waals surface area contributed by atoms with Gasteiger partial charge in [0.05, 0.1) is 5.02 Å². The van der Waals surface area contributed by atoms with Crippen molar-refractivity contribution in [2.45, 2.75) is 32.2 Å². The molecule has 0 atom stereocenters. The van der Waals surface area contributed by atoms with Crippen LogP contribution in [-0.4, -0.2) is 35.8 Å². The van der Waals surface area contributed by atoms with Gasteiger partial charge in [-0.1, -0.05) is 18.5 Å². The lowest BCUT2D eigenvalue weighted by Crippen LogP contribution is -2.46. The van der Waals surface area contributed by atoms with E-state index in [9.17, 15) is 9.59 Å². The van der Waals surface area contributed by atoms with Gasteiger partial charge in [-0.05, 0) is 53.6 Å². The van der Waals surface area contributed by atoms with Gasteiger partial charge in [0.25, 0.3) is 5.91 Å². The Labute approximate surface area is 143 Å². The number of benzene rings is 1. The van der Waals surface area contributed by atoms with E-state index in [1.54, 1.807) is 12.1 Å². The van der Waals surface area contributed by atoms with E-state index in [2.05, 4.69) is 27.9 Å². The van der Waals surface area contributed by atoms with Gasteiger partial charge >= 0.3 is 0 Å². The fraction of sp³-hybridized carbons (Fsp3) is 0.467. The van der Waals surface area contributed by atoms with Crippen LogP contribution in [0.1, 0.15) is 36.5 Å². The number of halogens is 2. The Morgan fingerprint density at radius 1 is 1.38 bits per heavy atom. The Morgan fingerprint density at radius 2 is 2.05 bits per heavy atom. The molecule has 21 heavy (non-hydrogen) atoms. The topological polar surface area (TPSA) is 49.4 Å². The van der Waals surface area contributed by atoms with Gasteiger partial charge in [0, 0.05) is 34.7 Å². The number of amides is 2. The highest BCUT2D eigenvalue weighted by Crippen LogP contribution is 2.21. The van der Waals surface area contributed by atoms with Crippen LogP contribution in [0.2, 0.25) is 5.02 Å². The fourth-order valence-electron chi connectivity index (χ4n) is 2.37. The van der Waals surface area contributed by atoms with Crippen LogP contribution in [-0.2, 0) is 4.79 Å². The lowest BCUT2D eigenvalue weighted by molar-refractivity contribution is -0.121. The maximum absolute atomic E-state index is 12.4. The lowest BCUT2D eigenvalue weighted by Gasteiger charge is -2.32. The van der Waals surface area contributed by atoms with Crippen molar-refractivity contribution in [2.75, 3.05) is 13.1 Å². The first-order valence-corrected chi connectivity index (χ1v) is 8.50. The Balaban J connectivity index is 1.93. The van der Waals surface area contributed by atoms with Gasteiger partial charge in [-0.15, -0.1) is 0 Å². The highest BCUT2D eigenvalue weighted by atomic mass is 127. The average molecular weight is 421 g/mol. The summed E-state index contributed by atoms with van der Waals surface area (Å²) < 4.78 is 0.937. The zero-order valence-electron chi connectivity index (χ0n) is 11.9. The normalized spacial score (nSPS) is 15.9. The van der Waals surface area contributed by atoms with E-state index < -0.39 is 0 Å². The molecule has 0 saturated carbocycles. The number of carbonyl (C=O) groups excluding carboxylic acids is 2. The molecule has 1 fully saturated rings. The van der Waals surface area contributed by atoms with Crippen LogP contribution in [0.15, 0.2) is 18.2 Å². The molecule has 0 aliphatic carbocycles. The van der Waals surface area contributed by atoms with Gasteiger partial charge in [-0.2, -0.15) is 0 Å². The van der Waals surface area contributed by atoms with E-state index in [1.807, 2.05) is 17.9 Å². The molecule has 0 spiro atoms. The van der Waals surface area contributed by atoms with Gasteiger partial charge in [0.15, 0.2) is 0 Å². The largest absolute Gasteiger partial charge is 0.353 e. The van der Waals surface area contributed by atoms with Crippen LogP contribution >= 0.6 is 34.2 Å². The lowest BCUT2D eigenvalue weighted by atomic mass is 10.0. The first-order chi connectivity index (χ1) is 10.0. The predicted molar refractivity (Wildman–Crippen MR) is 91.5 cm³/mol. The molecule has 2 amide bonds. The van der Waals surface area contributed by atoms with Crippen molar-refractivity contribution in [1.82, 2.24) is 10.2 Å². The molecule has 1 aromatic rings. The number of hydrogen-bond donors (Lipinski definition) is 1. The molecule has 2 rings (SSSR count). The van der Waals surface area contributed by atoms with E-state index in [1.165, 1.54) is 0 Å². The smallest absolute Gasteiger partial charge is 0.253 e. The zero-order valence-corrected chi connectivity index (χ0v) is 14.8. The fourth-order valence-corrected chi connectivity index (χ4v) is 2.88. The highest BCUT2D eigenvalue weighted by Gasteiger charge is 2.24. The molecule has 1 heterocycles. The number of likely N-dealkylation sites (tertiary alicyclic amines) is 1. The maximum Gasteiger partial charge on any atom is 0.253 e. The molecular formula is C15H18ClIN2O2. The minimum Gasteiger partial charge on any atom is -0.353 e. The summed E-state index contributed by atoms with van der Waals surface area (Å²) in [6, 6.07) is 5.56. The SMILES string of the molecule is CCC(=O)NC1CCN(C(=O)c2ccc(I)c(Cl)c2)CC1. The van der Waals surface area contributed by atoms with E-state index in [0.717, 1.165) is 16.4 Å². The van der Waals surface area contributed by atoms with Gasteiger partial charge in [0.1, 0.15) is 0 Å². The molecule has 6 heteroatoms. The third kappa shape index (κ3) is 4.32. The monoisotopic (exact) mass is 420 g/mol. The summed E-state index contributed by atoms with van der Waals surface area (Å²) in [7, 11) is 0. The summed E-state index contributed by atoms with van der Waals surface area (Å²) in [5.74, 6) is 0.0813. The second-order valence-corrected chi connectivity index (χ2v) is 6.69. The molecule has 114 valence electrons. The van der Waals surface area contributed by atoms with Gasteiger partial charge in [-0.3, -0.25) is 9.59 Å². The summed E-state index contributed by atoms with van der Waals surface area (Å²) in [4.78, 5) is 25.6. The van der Waals surface area contributed by atoms with E-state index in [4.69, 9.17) is 11.6 Å². The molecule has 1 saturated heterocycles. The molecular weight excluding hydrogens is 403 g/mol. The molecule has 0 unspecified atom stereocenters. The molecule has 0 radical (unpaired) electrons. The second-order valence-electron chi connectivity index (χ2n) is 5.12. The second kappa shape index (κ2) is 7.45. The summed E-state index contributed by atoms with van der Waals surface area (Å²) in [6.07, 6.45) is 2.10. The highest BCUT2D eigenvalue weighted by molar-refractivity contribution is 14.1. The van der Waals surface area contributed by atoms with Crippen molar-refractivity contribution >= 4 is 46.0 Å². The number of nitrogens with zero attached hydrogens (tertiary/aromatic N) is 1. The molecule has 1 aliphatic heterocycles. The van der Waals surface area contributed by atoms with Crippen LogP contribution in [0.3, 0.4) is 0 Å². The molecule has 1 N–H and O–H groups in total. The van der Waals surface area contributed by atoms with E-state index in [-0.39, 0.29) is 17.9 Å². The van der Waals surface area contributed by atoms with Crippen LogP contribution in [0.5, 0.6) is 0 Å². The number of rotatable bonds is 3. The first-order valence-electron chi connectivity index (χ1n) is 7.05. The third-order valence-electron chi connectivity index (χ3n) is 3.63. The van der Waals surface area contributed by atoms with E-state index >= 15 is 0 Å². The van der Waals surface area contributed by atoms with Crippen molar-refractivity contribution in [1.29, 1.82) is 0 Å². The minimum atomic E-state index is 0.00793. The Kier molecular flexibility index (Phi) is 5.87. The summed E-state index contributed by atoms with van der Waals surface area (Å²) >= 11 is 8.21. The predicted octanol–water partition coefficient (Wildman–Crippen LogP) is 3.08. The minimum absolute atomic E-state index is 0.00793. The van der Waals surface area contributed by atoms with Crippen molar-refractivity contribution < 1.29 is 9.59 Å². The van der Waals surface area contributed by atoms with Crippen molar-refractivity contribution in [3.8, 4) is 0 Å². The van der Waals surface area contributed by atoms with Crippen molar-refractivity contribution in [2.24, 2.45) is 0 Å². The maximum atomic E-state index is 12.4. The first kappa shape index (κ1) is 16.5. The number of nitrogens with one attached hydrogen (secondary N) is 1. The number of hydrogen-bond acceptors (Lipinski definition) is 2. The molecule has 0 bridgehead atoms. The van der Waals surface area contributed by atoms with Crippen LogP contribution in [0.4, 0.5) is 0 Å². The van der Waals surface area contributed by atoms with Gasteiger partial charge < -0.3 is 10.2 Å². The third-order valence-corrected chi connectivity index (χ3v) is 5.21. The molecule has 1 aliphatic rings. The van der Waals surface area contributed by atoms with Gasteiger partial charge in [-0.25, -0.2) is 0 Å². The van der Waals surface area contributed by atoms with Crippen LogP contribution in [0, 0.1) is 3.57 Å². The van der Waals surface area contributed by atoms with Crippen LogP contribution < -0.4 is 5.32 Å². The Morgan fingerprint density at radius 3 is 2.62 bits per heavy atom. The summed E-state index contributed by atoms with van der Waals surface area (Å²) in [5, 5.41) is 3.59. The summed E-state index contributed by atoms with van der Waals surface area (Å²) in [5.41, 5.74) is 0.622. The van der Waals surface area contributed by atoms with E-state index in [0.29, 0.717) is 30.1 Å². The standard InChI is InChI=1S/C15H18ClIN2O2/c1-2-14(20)18-11-5-7-19(8-6-11)15(21)10-3-4-13(17)12(16)9-10/h3-4,9,11H,2,5-8H2,1H3,(H,18,20). The summed E-state index contributed by atoms with van der Waals surface area (Å²) in [6.45, 7) is 3.17. The zero-order chi connectivity index (χ0) is 15.4. The Bertz CT molecular complexity index is 542. The van der Waals surface area contributed by atoms with Crippen molar-refractivity contribution in [3.63, 3.8) is 0 Å². The molecule has 1 aromatic carbocycles. The van der Waals surface area contributed by atoms with Crippen molar-refractivity contribution in [3.05, 3.63) is 32.4 Å². The number of piperidine rings is 1. The quantitative estimate of drug-likeness (QED) is 0.764. The average Bonchev–Trinajstić information content (AvgIpc) is 2.50. The van der Waals surface area contributed by atoms with Gasteiger partial charge in [0.2, 0.25) is 5.91 Å².